The van der Waals surface area contributed by atoms with Crippen LogP contribution in [0.1, 0.15) is 13.3 Å². The number of nitrogens with zero attached hydrogens (tertiary/aromatic N) is 3. The first-order valence-corrected chi connectivity index (χ1v) is 6.67. The number of anilines is 1. The minimum absolute atomic E-state index is 0.124. The second-order valence-electron chi connectivity index (χ2n) is 4.09. The Morgan fingerprint density at radius 3 is 2.81 bits per heavy atom. The van der Waals surface area contributed by atoms with Crippen LogP contribution in [0.15, 0.2) is 30.6 Å². The maximum absolute atomic E-state index is 11.3. The van der Waals surface area contributed by atoms with E-state index >= 15 is 0 Å². The fourth-order valence-corrected chi connectivity index (χ4v) is 1.78. The number of benzene rings is 1. The summed E-state index contributed by atoms with van der Waals surface area (Å²) in [6, 6.07) is 6.68. The van der Waals surface area contributed by atoms with E-state index in [1.165, 1.54) is 6.33 Å². The summed E-state index contributed by atoms with van der Waals surface area (Å²) in [5.74, 6) is 0.267. The van der Waals surface area contributed by atoms with E-state index in [0.717, 1.165) is 6.42 Å². The fraction of sp³-hybridized carbons (Fsp3) is 0.231. The zero-order valence-corrected chi connectivity index (χ0v) is 12.0. The third-order valence-electron chi connectivity index (χ3n) is 2.56. The summed E-state index contributed by atoms with van der Waals surface area (Å²) >= 11 is 5.98. The van der Waals surface area contributed by atoms with E-state index in [1.54, 1.807) is 24.3 Å². The Labute approximate surface area is 126 Å². The molecule has 0 atom stereocenters. The summed E-state index contributed by atoms with van der Waals surface area (Å²) in [5, 5.41) is 14.5. The van der Waals surface area contributed by atoms with Gasteiger partial charge in [0.1, 0.15) is 12.1 Å². The Kier molecular flexibility index (Phi) is 4.89. The highest BCUT2D eigenvalue weighted by atomic mass is 35.5. The molecule has 8 heteroatoms. The molecular formula is C13H13ClN4O3. The third kappa shape index (κ3) is 3.57. The molecule has 1 heterocycles. The van der Waals surface area contributed by atoms with E-state index in [-0.39, 0.29) is 17.4 Å². The highest BCUT2D eigenvalue weighted by Gasteiger charge is 2.25. The Hall–Kier alpha value is -2.41. The molecule has 7 nitrogen and oxygen atoms in total. The molecule has 2 aromatic rings. The quantitative estimate of drug-likeness (QED) is 0.647. The Bertz CT molecular complexity index is 651. The minimum Gasteiger partial charge on any atom is -0.432 e. The smallest absolute Gasteiger partial charge is 0.373 e. The molecule has 0 fully saturated rings. The normalized spacial score (nSPS) is 10.2. The van der Waals surface area contributed by atoms with Gasteiger partial charge in [-0.05, 0) is 18.6 Å². The molecule has 0 aliphatic carbocycles. The van der Waals surface area contributed by atoms with Crippen LogP contribution in [-0.2, 0) is 0 Å². The van der Waals surface area contributed by atoms with Crippen LogP contribution in [0.3, 0.4) is 0 Å². The standard InChI is InChI=1S/C13H13ClN4O3/c1-2-7-15-12-11(18(19)20)13(17-8-16-12)21-10-6-4-3-5-9(10)14/h3-6,8H,2,7H2,1H3,(H,15,16,17). The first-order valence-electron chi connectivity index (χ1n) is 6.29. The van der Waals surface area contributed by atoms with E-state index < -0.39 is 4.92 Å². The number of rotatable bonds is 6. The molecule has 0 aliphatic heterocycles. The zero-order valence-electron chi connectivity index (χ0n) is 11.2. The molecule has 110 valence electrons. The van der Waals surface area contributed by atoms with Crippen LogP contribution in [0.4, 0.5) is 11.5 Å². The van der Waals surface area contributed by atoms with Crippen LogP contribution in [0.2, 0.25) is 5.02 Å². The van der Waals surface area contributed by atoms with Crippen molar-refractivity contribution < 1.29 is 9.66 Å². The Morgan fingerprint density at radius 2 is 2.14 bits per heavy atom. The Morgan fingerprint density at radius 1 is 1.38 bits per heavy atom. The lowest BCUT2D eigenvalue weighted by Gasteiger charge is -2.09. The third-order valence-corrected chi connectivity index (χ3v) is 2.87. The second kappa shape index (κ2) is 6.85. The van der Waals surface area contributed by atoms with Crippen LogP contribution in [0, 0.1) is 10.1 Å². The second-order valence-corrected chi connectivity index (χ2v) is 4.50. The van der Waals surface area contributed by atoms with E-state index in [9.17, 15) is 10.1 Å². The number of halogens is 1. The fourth-order valence-electron chi connectivity index (χ4n) is 1.61. The van der Waals surface area contributed by atoms with Crippen molar-refractivity contribution in [2.45, 2.75) is 13.3 Å². The van der Waals surface area contributed by atoms with E-state index in [2.05, 4.69) is 15.3 Å². The van der Waals surface area contributed by atoms with Crippen LogP contribution in [-0.4, -0.2) is 21.4 Å². The van der Waals surface area contributed by atoms with Gasteiger partial charge in [-0.2, -0.15) is 4.98 Å². The summed E-state index contributed by atoms with van der Waals surface area (Å²) in [4.78, 5) is 18.4. The van der Waals surface area contributed by atoms with Gasteiger partial charge in [0.2, 0.25) is 5.82 Å². The molecule has 0 spiro atoms. The molecular weight excluding hydrogens is 296 g/mol. The molecule has 0 unspecified atom stereocenters. The maximum atomic E-state index is 11.3. The average Bonchev–Trinajstić information content (AvgIpc) is 2.47. The monoisotopic (exact) mass is 308 g/mol. The van der Waals surface area contributed by atoms with Crippen molar-refractivity contribution in [1.82, 2.24) is 9.97 Å². The molecule has 0 radical (unpaired) electrons. The zero-order chi connectivity index (χ0) is 15.2. The lowest BCUT2D eigenvalue weighted by molar-refractivity contribution is -0.385. The molecule has 0 saturated carbocycles. The van der Waals surface area contributed by atoms with Crippen molar-refractivity contribution >= 4 is 23.1 Å². The largest absolute Gasteiger partial charge is 0.432 e. The highest BCUT2D eigenvalue weighted by molar-refractivity contribution is 6.32. The summed E-state index contributed by atoms with van der Waals surface area (Å²) in [6.07, 6.45) is 2.01. The molecule has 1 N–H and O–H groups in total. The van der Waals surface area contributed by atoms with Gasteiger partial charge >= 0.3 is 11.6 Å². The molecule has 0 aliphatic rings. The topological polar surface area (TPSA) is 90.2 Å². The maximum Gasteiger partial charge on any atom is 0.373 e. The van der Waals surface area contributed by atoms with Crippen molar-refractivity contribution in [3.63, 3.8) is 0 Å². The first kappa shape index (κ1) is 15.0. The van der Waals surface area contributed by atoms with Gasteiger partial charge in [-0.3, -0.25) is 10.1 Å². The molecule has 1 aromatic carbocycles. The number of nitrogens with one attached hydrogen (secondary N) is 1. The van der Waals surface area contributed by atoms with Crippen LogP contribution < -0.4 is 10.1 Å². The van der Waals surface area contributed by atoms with Gasteiger partial charge in [-0.15, -0.1) is 0 Å². The number of hydrogen-bond acceptors (Lipinski definition) is 6. The van der Waals surface area contributed by atoms with Gasteiger partial charge in [-0.1, -0.05) is 30.7 Å². The van der Waals surface area contributed by atoms with Gasteiger partial charge in [-0.25, -0.2) is 4.98 Å². The van der Waals surface area contributed by atoms with E-state index in [4.69, 9.17) is 16.3 Å². The number of hydrogen-bond donors (Lipinski definition) is 1. The van der Waals surface area contributed by atoms with Gasteiger partial charge in [0, 0.05) is 6.54 Å². The number of nitro groups is 1. The van der Waals surface area contributed by atoms with Gasteiger partial charge in [0.15, 0.2) is 0 Å². The summed E-state index contributed by atoms with van der Waals surface area (Å²) in [5.41, 5.74) is -0.314. The first-order chi connectivity index (χ1) is 10.1. The van der Waals surface area contributed by atoms with E-state index in [1.807, 2.05) is 6.92 Å². The number of aromatic nitrogens is 2. The van der Waals surface area contributed by atoms with Crippen molar-refractivity contribution in [3.05, 3.63) is 45.7 Å². The molecule has 0 bridgehead atoms. The highest BCUT2D eigenvalue weighted by Crippen LogP contribution is 2.36. The lowest BCUT2D eigenvalue weighted by atomic mass is 10.3. The number of ether oxygens (including phenoxy) is 1. The van der Waals surface area contributed by atoms with Crippen LogP contribution >= 0.6 is 11.6 Å². The summed E-state index contributed by atoms with van der Waals surface area (Å²) in [7, 11) is 0. The van der Waals surface area contributed by atoms with Gasteiger partial charge in [0.25, 0.3) is 0 Å². The van der Waals surface area contributed by atoms with Gasteiger partial charge < -0.3 is 10.1 Å². The molecule has 21 heavy (non-hydrogen) atoms. The predicted octanol–water partition coefficient (Wildman–Crippen LogP) is 3.65. The van der Waals surface area contributed by atoms with Crippen LogP contribution in [0.25, 0.3) is 0 Å². The van der Waals surface area contributed by atoms with Crippen molar-refractivity contribution in [2.24, 2.45) is 0 Å². The van der Waals surface area contributed by atoms with Crippen molar-refractivity contribution in [3.8, 4) is 11.6 Å². The van der Waals surface area contributed by atoms with E-state index in [0.29, 0.717) is 17.3 Å². The Balaban J connectivity index is 2.39. The van der Waals surface area contributed by atoms with Crippen molar-refractivity contribution in [1.29, 1.82) is 0 Å². The molecule has 2 rings (SSSR count). The minimum atomic E-state index is -0.579. The van der Waals surface area contributed by atoms with Gasteiger partial charge in [0.05, 0.1) is 9.95 Å². The average molecular weight is 309 g/mol. The lowest BCUT2D eigenvalue weighted by Crippen LogP contribution is -2.07. The summed E-state index contributed by atoms with van der Waals surface area (Å²) in [6.45, 7) is 2.50. The molecule has 0 saturated heterocycles. The predicted molar refractivity (Wildman–Crippen MR) is 79.0 cm³/mol. The molecule has 0 amide bonds. The van der Waals surface area contributed by atoms with Crippen LogP contribution in [0.5, 0.6) is 11.6 Å². The number of para-hydroxylation sites is 1. The van der Waals surface area contributed by atoms with Crippen molar-refractivity contribution in [2.75, 3.05) is 11.9 Å². The molecule has 1 aromatic heterocycles. The SMILES string of the molecule is CCCNc1ncnc(Oc2ccccc2Cl)c1[N+](=O)[O-]. The summed E-state index contributed by atoms with van der Waals surface area (Å²) < 4.78 is 5.46.